The van der Waals surface area contributed by atoms with Crippen LogP contribution in [0.4, 0.5) is 0 Å². The van der Waals surface area contributed by atoms with Crippen molar-refractivity contribution in [2.24, 2.45) is 0 Å². The van der Waals surface area contributed by atoms with E-state index in [2.05, 4.69) is 10.4 Å². The molecule has 1 heterocycles. The number of hydrogen-bond donors (Lipinski definition) is 2. The van der Waals surface area contributed by atoms with Crippen LogP contribution in [0.1, 0.15) is 41.7 Å². The number of carbonyl (C=O) groups is 1. The zero-order valence-electron chi connectivity index (χ0n) is 13.0. The molecule has 0 radical (unpaired) electrons. The number of aryl methyl sites for hydroxylation is 1. The van der Waals surface area contributed by atoms with Crippen LogP contribution in [0.5, 0.6) is 0 Å². The topological polar surface area (TPSA) is 67.2 Å². The Morgan fingerprint density at radius 1 is 1.30 bits per heavy atom. The summed E-state index contributed by atoms with van der Waals surface area (Å²) in [4.78, 5) is 12.6. The van der Waals surface area contributed by atoms with E-state index in [1.165, 1.54) is 0 Å². The van der Waals surface area contributed by atoms with Crippen molar-refractivity contribution in [3.8, 4) is 5.69 Å². The Labute approximate surface area is 140 Å². The standard InChI is InChI=1S/C17H20ClN3O2/c1-11-15(17(23)19-13-9-5-6-10-14(13)22)16(18)21(20-11)12-7-3-2-4-8-12/h2-4,7-8,13-14,22H,5-6,9-10H2,1H3,(H,19,23). The lowest BCUT2D eigenvalue weighted by atomic mass is 9.92. The van der Waals surface area contributed by atoms with Crippen molar-refractivity contribution in [1.29, 1.82) is 0 Å². The largest absolute Gasteiger partial charge is 0.391 e. The van der Waals surface area contributed by atoms with Crippen molar-refractivity contribution in [3.63, 3.8) is 0 Å². The van der Waals surface area contributed by atoms with E-state index < -0.39 is 6.10 Å². The highest BCUT2D eigenvalue weighted by Gasteiger charge is 2.28. The Hall–Kier alpha value is -1.85. The van der Waals surface area contributed by atoms with Gasteiger partial charge in [0.2, 0.25) is 0 Å². The summed E-state index contributed by atoms with van der Waals surface area (Å²) in [5, 5.41) is 17.6. The average Bonchev–Trinajstić information content (AvgIpc) is 2.85. The molecule has 6 heteroatoms. The van der Waals surface area contributed by atoms with Gasteiger partial charge in [-0.05, 0) is 31.9 Å². The van der Waals surface area contributed by atoms with E-state index in [1.54, 1.807) is 11.6 Å². The van der Waals surface area contributed by atoms with Gasteiger partial charge < -0.3 is 10.4 Å². The first-order chi connectivity index (χ1) is 11.1. The fourth-order valence-corrected chi connectivity index (χ4v) is 3.38. The predicted molar refractivity (Wildman–Crippen MR) is 89.0 cm³/mol. The maximum atomic E-state index is 12.6. The maximum absolute atomic E-state index is 12.6. The molecular formula is C17H20ClN3O2. The van der Waals surface area contributed by atoms with Crippen LogP contribution in [0.25, 0.3) is 5.69 Å². The Kier molecular flexibility index (Phi) is 4.68. The van der Waals surface area contributed by atoms with Gasteiger partial charge >= 0.3 is 0 Å². The number of hydrogen-bond acceptors (Lipinski definition) is 3. The number of nitrogens with one attached hydrogen (secondary N) is 1. The summed E-state index contributed by atoms with van der Waals surface area (Å²) < 4.78 is 1.56. The Balaban J connectivity index is 1.85. The fourth-order valence-electron chi connectivity index (χ4n) is 3.02. The third-order valence-electron chi connectivity index (χ3n) is 4.28. The van der Waals surface area contributed by atoms with Crippen molar-refractivity contribution < 1.29 is 9.90 Å². The lowest BCUT2D eigenvalue weighted by molar-refractivity contribution is 0.0717. The molecular weight excluding hydrogens is 314 g/mol. The molecule has 0 aliphatic heterocycles. The number of aliphatic hydroxyl groups excluding tert-OH is 1. The van der Waals surface area contributed by atoms with Gasteiger partial charge in [-0.2, -0.15) is 5.10 Å². The molecule has 1 aromatic carbocycles. The molecule has 2 aromatic rings. The van der Waals surface area contributed by atoms with E-state index in [-0.39, 0.29) is 17.1 Å². The van der Waals surface area contributed by atoms with Crippen LogP contribution < -0.4 is 5.32 Å². The minimum Gasteiger partial charge on any atom is -0.391 e. The molecule has 1 fully saturated rings. The Morgan fingerprint density at radius 2 is 2.00 bits per heavy atom. The molecule has 1 saturated carbocycles. The van der Waals surface area contributed by atoms with Crippen LogP contribution in [0.2, 0.25) is 5.15 Å². The summed E-state index contributed by atoms with van der Waals surface area (Å²) in [5.41, 5.74) is 1.74. The lowest BCUT2D eigenvalue weighted by Crippen LogP contribution is -2.45. The van der Waals surface area contributed by atoms with Crippen LogP contribution in [0, 0.1) is 6.92 Å². The molecule has 1 aromatic heterocycles. The minimum atomic E-state index is -0.490. The summed E-state index contributed by atoms with van der Waals surface area (Å²) in [6, 6.07) is 9.23. The van der Waals surface area contributed by atoms with Gasteiger partial charge in [0.05, 0.1) is 29.1 Å². The molecule has 2 atom stereocenters. The first kappa shape index (κ1) is 16.0. The van der Waals surface area contributed by atoms with Gasteiger partial charge in [0.25, 0.3) is 5.91 Å². The summed E-state index contributed by atoms with van der Waals surface area (Å²) in [5.74, 6) is -0.277. The SMILES string of the molecule is Cc1nn(-c2ccccc2)c(Cl)c1C(=O)NC1CCCCC1O. The molecule has 0 saturated heterocycles. The molecule has 1 amide bonds. The molecule has 2 unspecified atom stereocenters. The second-order valence-electron chi connectivity index (χ2n) is 5.93. The van der Waals surface area contributed by atoms with Gasteiger partial charge in [0.1, 0.15) is 5.15 Å². The molecule has 0 spiro atoms. The number of nitrogens with zero attached hydrogens (tertiary/aromatic N) is 2. The second kappa shape index (κ2) is 6.72. The second-order valence-corrected chi connectivity index (χ2v) is 6.29. The zero-order chi connectivity index (χ0) is 16.4. The highest BCUT2D eigenvalue weighted by Crippen LogP contribution is 2.25. The number of benzene rings is 1. The lowest BCUT2D eigenvalue weighted by Gasteiger charge is -2.28. The summed E-state index contributed by atoms with van der Waals surface area (Å²) in [6.45, 7) is 1.76. The Bertz CT molecular complexity index is 699. The monoisotopic (exact) mass is 333 g/mol. The van der Waals surface area contributed by atoms with Crippen LogP contribution in [-0.4, -0.2) is 32.9 Å². The molecule has 5 nitrogen and oxygen atoms in total. The molecule has 1 aliphatic rings. The van der Waals surface area contributed by atoms with E-state index in [4.69, 9.17) is 11.6 Å². The molecule has 0 bridgehead atoms. The van der Waals surface area contributed by atoms with Crippen molar-refractivity contribution in [3.05, 3.63) is 46.7 Å². The van der Waals surface area contributed by atoms with E-state index in [0.717, 1.165) is 31.4 Å². The smallest absolute Gasteiger partial charge is 0.256 e. The van der Waals surface area contributed by atoms with Crippen molar-refractivity contribution in [1.82, 2.24) is 15.1 Å². The highest BCUT2D eigenvalue weighted by molar-refractivity contribution is 6.33. The van der Waals surface area contributed by atoms with Gasteiger partial charge in [0, 0.05) is 0 Å². The van der Waals surface area contributed by atoms with Crippen LogP contribution in [-0.2, 0) is 0 Å². The van der Waals surface area contributed by atoms with E-state index in [9.17, 15) is 9.90 Å². The van der Waals surface area contributed by atoms with Gasteiger partial charge in [-0.1, -0.05) is 42.6 Å². The first-order valence-corrected chi connectivity index (χ1v) is 8.25. The number of amides is 1. The van der Waals surface area contributed by atoms with Gasteiger partial charge in [-0.15, -0.1) is 0 Å². The number of aliphatic hydroxyl groups is 1. The summed E-state index contributed by atoms with van der Waals surface area (Å²) in [6.07, 6.45) is 3.03. The van der Waals surface area contributed by atoms with Crippen LogP contribution in [0.15, 0.2) is 30.3 Å². The predicted octanol–water partition coefficient (Wildman–Crippen LogP) is 2.87. The zero-order valence-corrected chi connectivity index (χ0v) is 13.8. The third kappa shape index (κ3) is 3.26. The van der Waals surface area contributed by atoms with Gasteiger partial charge in [0.15, 0.2) is 0 Å². The summed E-state index contributed by atoms with van der Waals surface area (Å²) in [7, 11) is 0. The van der Waals surface area contributed by atoms with Crippen LogP contribution >= 0.6 is 11.6 Å². The molecule has 122 valence electrons. The van der Waals surface area contributed by atoms with E-state index in [1.807, 2.05) is 30.3 Å². The average molecular weight is 334 g/mol. The van der Waals surface area contributed by atoms with Crippen molar-refractivity contribution >= 4 is 17.5 Å². The first-order valence-electron chi connectivity index (χ1n) is 7.87. The number of carbonyl (C=O) groups excluding carboxylic acids is 1. The number of para-hydroxylation sites is 1. The van der Waals surface area contributed by atoms with Crippen LogP contribution in [0.3, 0.4) is 0 Å². The number of aromatic nitrogens is 2. The van der Waals surface area contributed by atoms with E-state index in [0.29, 0.717) is 11.3 Å². The van der Waals surface area contributed by atoms with Gasteiger partial charge in [-0.3, -0.25) is 4.79 Å². The van der Waals surface area contributed by atoms with Crippen molar-refractivity contribution in [2.75, 3.05) is 0 Å². The Morgan fingerprint density at radius 3 is 2.70 bits per heavy atom. The van der Waals surface area contributed by atoms with Gasteiger partial charge in [-0.25, -0.2) is 4.68 Å². The van der Waals surface area contributed by atoms with E-state index >= 15 is 0 Å². The maximum Gasteiger partial charge on any atom is 0.256 e. The fraction of sp³-hybridized carbons (Fsp3) is 0.412. The minimum absolute atomic E-state index is 0.216. The number of rotatable bonds is 3. The number of halogens is 1. The third-order valence-corrected chi connectivity index (χ3v) is 4.63. The molecule has 23 heavy (non-hydrogen) atoms. The molecule has 3 rings (SSSR count). The normalized spacial score (nSPS) is 21.2. The highest BCUT2D eigenvalue weighted by atomic mass is 35.5. The molecule has 1 aliphatic carbocycles. The van der Waals surface area contributed by atoms with Crippen molar-refractivity contribution in [2.45, 2.75) is 44.8 Å². The quantitative estimate of drug-likeness (QED) is 0.907. The summed E-state index contributed by atoms with van der Waals surface area (Å²) >= 11 is 6.39. The molecule has 2 N–H and O–H groups in total.